The number of rotatable bonds is 3. The number of aliphatic hydroxyl groups excluding tert-OH is 1. The second kappa shape index (κ2) is 5.27. The highest BCUT2D eigenvalue weighted by molar-refractivity contribution is 5.34. The van der Waals surface area contributed by atoms with E-state index in [9.17, 15) is 13.2 Å². The normalized spacial score (nSPS) is 11.4. The van der Waals surface area contributed by atoms with E-state index in [1.807, 2.05) is 0 Å². The molecule has 0 fully saturated rings. The Balaban J connectivity index is 2.18. The topological polar surface area (TPSA) is 42.4 Å². The van der Waals surface area contributed by atoms with Crippen LogP contribution in [0.25, 0.3) is 0 Å². The minimum Gasteiger partial charge on any atom is -0.456 e. The zero-order valence-corrected chi connectivity index (χ0v) is 9.69. The fourth-order valence-corrected chi connectivity index (χ4v) is 1.44. The predicted molar refractivity (Wildman–Crippen MR) is 61.7 cm³/mol. The van der Waals surface area contributed by atoms with Gasteiger partial charge in [0, 0.05) is 0 Å². The van der Waals surface area contributed by atoms with Gasteiger partial charge in [0.2, 0.25) is 0 Å². The average Bonchev–Trinajstić information content (AvgIpc) is 2.39. The van der Waals surface area contributed by atoms with E-state index in [4.69, 9.17) is 9.84 Å². The molecule has 0 aliphatic heterocycles. The van der Waals surface area contributed by atoms with Crippen LogP contribution < -0.4 is 4.74 Å². The molecule has 0 unspecified atom stereocenters. The largest absolute Gasteiger partial charge is 0.456 e. The second-order valence-electron chi connectivity index (χ2n) is 3.77. The third-order valence-corrected chi connectivity index (χ3v) is 2.36. The van der Waals surface area contributed by atoms with Crippen LogP contribution in [-0.2, 0) is 12.8 Å². The highest BCUT2D eigenvalue weighted by Gasteiger charge is 2.30. The lowest BCUT2D eigenvalue weighted by molar-refractivity contribution is -0.137. The van der Waals surface area contributed by atoms with E-state index in [0.29, 0.717) is 11.4 Å². The zero-order chi connectivity index (χ0) is 13.9. The molecule has 0 saturated heterocycles. The monoisotopic (exact) mass is 269 g/mol. The Morgan fingerprint density at radius 1 is 1.11 bits per heavy atom. The van der Waals surface area contributed by atoms with Crippen molar-refractivity contribution in [3.63, 3.8) is 0 Å². The smallest absolute Gasteiger partial charge is 0.416 e. The first-order valence-corrected chi connectivity index (χ1v) is 5.40. The van der Waals surface area contributed by atoms with Crippen LogP contribution in [0.1, 0.15) is 11.3 Å². The lowest BCUT2D eigenvalue weighted by Gasteiger charge is -2.09. The van der Waals surface area contributed by atoms with E-state index in [-0.39, 0.29) is 12.4 Å². The third-order valence-electron chi connectivity index (χ3n) is 2.36. The van der Waals surface area contributed by atoms with E-state index in [1.54, 1.807) is 0 Å². The maximum absolute atomic E-state index is 12.5. The quantitative estimate of drug-likeness (QED) is 0.928. The van der Waals surface area contributed by atoms with E-state index >= 15 is 0 Å². The van der Waals surface area contributed by atoms with Crippen LogP contribution in [0, 0.1) is 0 Å². The molecule has 6 heteroatoms. The van der Waals surface area contributed by atoms with Gasteiger partial charge >= 0.3 is 6.18 Å². The molecule has 0 aliphatic carbocycles. The Morgan fingerprint density at radius 2 is 1.89 bits per heavy atom. The van der Waals surface area contributed by atoms with Crippen LogP contribution >= 0.6 is 0 Å². The molecule has 0 saturated carbocycles. The number of ether oxygens (including phenoxy) is 1. The molecule has 1 aromatic carbocycles. The highest BCUT2D eigenvalue weighted by Crippen LogP contribution is 2.32. The molecule has 0 bridgehead atoms. The number of hydrogen-bond acceptors (Lipinski definition) is 3. The molecule has 0 spiro atoms. The van der Waals surface area contributed by atoms with Gasteiger partial charge in [-0.2, -0.15) is 13.2 Å². The van der Waals surface area contributed by atoms with E-state index in [2.05, 4.69) is 4.98 Å². The molecule has 1 N–H and O–H groups in total. The average molecular weight is 269 g/mol. The van der Waals surface area contributed by atoms with Crippen LogP contribution in [0.3, 0.4) is 0 Å². The van der Waals surface area contributed by atoms with Crippen molar-refractivity contribution in [2.75, 3.05) is 0 Å². The van der Waals surface area contributed by atoms with Gasteiger partial charge in [0.15, 0.2) is 0 Å². The number of aliphatic hydroxyl groups is 1. The summed E-state index contributed by atoms with van der Waals surface area (Å²) < 4.78 is 42.8. The lowest BCUT2D eigenvalue weighted by Crippen LogP contribution is -2.04. The minimum absolute atomic E-state index is 0.0772. The van der Waals surface area contributed by atoms with Crippen LogP contribution in [-0.4, -0.2) is 10.1 Å². The Morgan fingerprint density at radius 3 is 2.47 bits per heavy atom. The fourth-order valence-electron chi connectivity index (χ4n) is 1.44. The van der Waals surface area contributed by atoms with Gasteiger partial charge in [-0.25, -0.2) is 0 Å². The van der Waals surface area contributed by atoms with Gasteiger partial charge in [-0.3, -0.25) is 4.98 Å². The predicted octanol–water partition coefficient (Wildman–Crippen LogP) is 3.39. The summed E-state index contributed by atoms with van der Waals surface area (Å²) in [4.78, 5) is 3.87. The number of hydrogen-bond donors (Lipinski definition) is 1. The molecule has 1 aromatic heterocycles. The molecule has 3 nitrogen and oxygen atoms in total. The third kappa shape index (κ3) is 3.45. The summed E-state index contributed by atoms with van der Waals surface area (Å²) in [5.41, 5.74) is -0.318. The Hall–Kier alpha value is -2.08. The zero-order valence-electron chi connectivity index (χ0n) is 9.69. The lowest BCUT2D eigenvalue weighted by atomic mass is 10.2. The summed E-state index contributed by atoms with van der Waals surface area (Å²) in [7, 11) is 0. The first kappa shape index (κ1) is 13.4. The Bertz CT molecular complexity index is 553. The minimum atomic E-state index is -4.40. The van der Waals surface area contributed by atoms with E-state index in [0.717, 1.165) is 12.1 Å². The number of nitrogens with zero attached hydrogens (tertiary/aromatic N) is 1. The van der Waals surface area contributed by atoms with E-state index in [1.165, 1.54) is 30.5 Å². The molecular weight excluding hydrogens is 259 g/mol. The summed E-state index contributed by atoms with van der Waals surface area (Å²) in [5, 5.41) is 8.82. The summed E-state index contributed by atoms with van der Waals surface area (Å²) >= 11 is 0. The van der Waals surface area contributed by atoms with Gasteiger partial charge in [0.25, 0.3) is 0 Å². The SMILES string of the molecule is OCc1ccc(Oc2cccc(C(F)(F)F)c2)cn1. The Kier molecular flexibility index (Phi) is 3.71. The highest BCUT2D eigenvalue weighted by atomic mass is 19.4. The van der Waals surface area contributed by atoms with Gasteiger partial charge in [0.05, 0.1) is 24.1 Å². The van der Waals surface area contributed by atoms with Crippen molar-refractivity contribution in [2.24, 2.45) is 0 Å². The van der Waals surface area contributed by atoms with E-state index < -0.39 is 11.7 Å². The number of benzene rings is 1. The number of halogens is 3. The van der Waals surface area contributed by atoms with Crippen LogP contribution in [0.15, 0.2) is 42.6 Å². The van der Waals surface area contributed by atoms with Crippen LogP contribution in [0.4, 0.5) is 13.2 Å². The maximum atomic E-state index is 12.5. The van der Waals surface area contributed by atoms with Gasteiger partial charge in [-0.1, -0.05) is 6.07 Å². The van der Waals surface area contributed by atoms with Crippen molar-refractivity contribution in [3.8, 4) is 11.5 Å². The van der Waals surface area contributed by atoms with Crippen LogP contribution in [0.2, 0.25) is 0 Å². The number of alkyl halides is 3. The van der Waals surface area contributed by atoms with Gasteiger partial charge in [-0.15, -0.1) is 0 Å². The fraction of sp³-hybridized carbons (Fsp3) is 0.154. The maximum Gasteiger partial charge on any atom is 0.416 e. The Labute approximate surface area is 107 Å². The molecule has 0 aliphatic rings. The van der Waals surface area contributed by atoms with Crippen molar-refractivity contribution in [2.45, 2.75) is 12.8 Å². The van der Waals surface area contributed by atoms with Gasteiger partial charge in [0.1, 0.15) is 11.5 Å². The first-order chi connectivity index (χ1) is 8.99. The van der Waals surface area contributed by atoms with Gasteiger partial charge in [-0.05, 0) is 30.3 Å². The van der Waals surface area contributed by atoms with Crippen molar-refractivity contribution >= 4 is 0 Å². The first-order valence-electron chi connectivity index (χ1n) is 5.40. The second-order valence-corrected chi connectivity index (χ2v) is 3.77. The summed E-state index contributed by atoms with van der Waals surface area (Å²) in [6, 6.07) is 7.64. The molecule has 100 valence electrons. The molecule has 2 aromatic rings. The summed E-state index contributed by atoms with van der Waals surface area (Å²) in [6.07, 6.45) is -3.07. The molecule has 2 rings (SSSR count). The number of pyridine rings is 1. The molecular formula is C13H10F3NO2. The van der Waals surface area contributed by atoms with Crippen molar-refractivity contribution in [1.82, 2.24) is 4.98 Å². The molecule has 0 amide bonds. The number of aromatic nitrogens is 1. The van der Waals surface area contributed by atoms with Crippen molar-refractivity contribution in [3.05, 3.63) is 53.9 Å². The van der Waals surface area contributed by atoms with Crippen molar-refractivity contribution < 1.29 is 23.0 Å². The molecule has 1 heterocycles. The van der Waals surface area contributed by atoms with Gasteiger partial charge < -0.3 is 9.84 Å². The summed E-state index contributed by atoms with van der Waals surface area (Å²) in [6.45, 7) is -0.205. The molecule has 0 atom stereocenters. The molecule has 19 heavy (non-hydrogen) atoms. The standard InChI is InChI=1S/C13H10F3NO2/c14-13(15,16)9-2-1-3-11(6-9)19-12-5-4-10(8-18)17-7-12/h1-7,18H,8H2. The molecule has 0 radical (unpaired) electrons. The van der Waals surface area contributed by atoms with Crippen LogP contribution in [0.5, 0.6) is 11.5 Å². The van der Waals surface area contributed by atoms with Crippen molar-refractivity contribution in [1.29, 1.82) is 0 Å². The summed E-state index contributed by atoms with van der Waals surface area (Å²) in [5.74, 6) is 0.380.